The van der Waals surface area contributed by atoms with Gasteiger partial charge in [-0.25, -0.2) is 4.79 Å². The Morgan fingerprint density at radius 3 is 2.18 bits per heavy atom. The van der Waals surface area contributed by atoms with Gasteiger partial charge in [0, 0.05) is 18.7 Å². The van der Waals surface area contributed by atoms with E-state index in [0.717, 1.165) is 37.9 Å². The molecule has 0 aromatic heterocycles. The Hall–Kier alpha value is -1.23. The second-order valence-electron chi connectivity index (χ2n) is 6.72. The SMILES string of the molecule is CC(=O)CCCCCCCNC/C(C)=N/C(=O)OC(C)(C)C. The largest absolute Gasteiger partial charge is 0.442 e. The minimum absolute atomic E-state index is 0.279. The quantitative estimate of drug-likeness (QED) is 0.490. The van der Waals surface area contributed by atoms with Crippen molar-refractivity contribution < 1.29 is 14.3 Å². The van der Waals surface area contributed by atoms with Crippen molar-refractivity contribution in [3.05, 3.63) is 0 Å². The molecule has 1 amide bonds. The lowest BCUT2D eigenvalue weighted by atomic mass is 10.1. The minimum Gasteiger partial charge on any atom is -0.442 e. The molecule has 0 rings (SSSR count). The molecule has 1 N–H and O–H groups in total. The van der Waals surface area contributed by atoms with Gasteiger partial charge >= 0.3 is 6.09 Å². The van der Waals surface area contributed by atoms with Crippen molar-refractivity contribution in [2.24, 2.45) is 4.99 Å². The van der Waals surface area contributed by atoms with E-state index in [1.807, 2.05) is 27.7 Å². The number of Topliss-reactive ketones (excluding diaryl/α,β-unsaturated/α-hetero) is 1. The third-order valence-electron chi connectivity index (χ3n) is 2.94. The fraction of sp³-hybridized carbons (Fsp3) is 0.824. The monoisotopic (exact) mass is 312 g/mol. The minimum atomic E-state index is -0.530. The summed E-state index contributed by atoms with van der Waals surface area (Å²) in [5.74, 6) is 0.279. The molecule has 0 aliphatic carbocycles. The number of carbonyl (C=O) groups is 2. The molecule has 0 atom stereocenters. The summed E-state index contributed by atoms with van der Waals surface area (Å²) in [6, 6.07) is 0. The van der Waals surface area contributed by atoms with E-state index in [4.69, 9.17) is 4.74 Å². The molecule has 0 unspecified atom stereocenters. The first-order valence-corrected chi connectivity index (χ1v) is 8.18. The Kier molecular flexibility index (Phi) is 10.7. The molecule has 0 aliphatic rings. The summed E-state index contributed by atoms with van der Waals surface area (Å²) in [7, 11) is 0. The molecule has 0 spiro atoms. The van der Waals surface area contributed by atoms with Crippen LogP contribution in [0.1, 0.15) is 73.1 Å². The Bertz CT molecular complexity index is 371. The Morgan fingerprint density at radius 1 is 1.00 bits per heavy atom. The van der Waals surface area contributed by atoms with E-state index in [0.29, 0.717) is 13.0 Å². The van der Waals surface area contributed by atoms with Crippen molar-refractivity contribution in [1.29, 1.82) is 0 Å². The number of aliphatic imine (C=N–C) groups is 1. The molecular weight excluding hydrogens is 280 g/mol. The van der Waals surface area contributed by atoms with E-state index in [-0.39, 0.29) is 5.78 Å². The summed E-state index contributed by atoms with van der Waals surface area (Å²) >= 11 is 0. The Labute approximate surface area is 134 Å². The zero-order valence-electron chi connectivity index (χ0n) is 14.8. The topological polar surface area (TPSA) is 67.8 Å². The van der Waals surface area contributed by atoms with Crippen molar-refractivity contribution in [3.63, 3.8) is 0 Å². The number of rotatable bonds is 10. The van der Waals surface area contributed by atoms with Crippen LogP contribution in [-0.4, -0.2) is 36.3 Å². The molecule has 0 saturated carbocycles. The molecule has 128 valence electrons. The van der Waals surface area contributed by atoms with Crippen LogP contribution in [-0.2, 0) is 9.53 Å². The molecule has 0 aliphatic heterocycles. The maximum absolute atomic E-state index is 11.5. The molecule has 0 heterocycles. The lowest BCUT2D eigenvalue weighted by Gasteiger charge is -2.17. The van der Waals surface area contributed by atoms with Crippen molar-refractivity contribution in [1.82, 2.24) is 5.32 Å². The molecule has 0 bridgehead atoms. The van der Waals surface area contributed by atoms with E-state index >= 15 is 0 Å². The van der Waals surface area contributed by atoms with Crippen LogP contribution in [0.4, 0.5) is 4.79 Å². The molecule has 0 aromatic carbocycles. The molecule has 0 aromatic rings. The smallest absolute Gasteiger partial charge is 0.434 e. The fourth-order valence-corrected chi connectivity index (χ4v) is 1.90. The lowest BCUT2D eigenvalue weighted by molar-refractivity contribution is -0.117. The predicted octanol–water partition coefficient (Wildman–Crippen LogP) is 3.90. The van der Waals surface area contributed by atoms with Gasteiger partial charge in [-0.3, -0.25) is 0 Å². The van der Waals surface area contributed by atoms with E-state index in [9.17, 15) is 9.59 Å². The number of carbonyl (C=O) groups excluding carboxylic acids is 2. The van der Waals surface area contributed by atoms with E-state index in [2.05, 4.69) is 10.3 Å². The molecule has 0 saturated heterocycles. The van der Waals surface area contributed by atoms with Gasteiger partial charge in [-0.1, -0.05) is 19.3 Å². The zero-order chi connectivity index (χ0) is 17.0. The highest BCUT2D eigenvalue weighted by Crippen LogP contribution is 2.08. The molecule has 0 radical (unpaired) electrons. The van der Waals surface area contributed by atoms with Crippen LogP contribution in [0.3, 0.4) is 0 Å². The molecule has 22 heavy (non-hydrogen) atoms. The molecular formula is C17H32N2O3. The standard InChI is InChI=1S/C17H32N2O3/c1-14(19-16(21)22-17(3,4)5)13-18-12-10-8-6-7-9-11-15(2)20/h18H,6-13H2,1-5H3/b19-14+. The van der Waals surface area contributed by atoms with Crippen molar-refractivity contribution in [3.8, 4) is 0 Å². The molecule has 5 nitrogen and oxygen atoms in total. The summed E-state index contributed by atoms with van der Waals surface area (Å²) in [5, 5.41) is 3.27. The van der Waals surface area contributed by atoms with Crippen LogP contribution in [0, 0.1) is 0 Å². The van der Waals surface area contributed by atoms with E-state index in [1.54, 1.807) is 6.92 Å². The zero-order valence-corrected chi connectivity index (χ0v) is 14.8. The van der Waals surface area contributed by atoms with Crippen LogP contribution in [0.25, 0.3) is 0 Å². The number of ether oxygens (including phenoxy) is 1. The summed E-state index contributed by atoms with van der Waals surface area (Å²) < 4.78 is 5.13. The van der Waals surface area contributed by atoms with E-state index < -0.39 is 11.7 Å². The van der Waals surface area contributed by atoms with Gasteiger partial charge in [0.2, 0.25) is 0 Å². The third-order valence-corrected chi connectivity index (χ3v) is 2.94. The second-order valence-corrected chi connectivity index (χ2v) is 6.72. The van der Waals surface area contributed by atoms with Gasteiger partial charge in [-0.05, 0) is 54.0 Å². The second kappa shape index (κ2) is 11.4. The van der Waals surface area contributed by atoms with Crippen LogP contribution in [0.5, 0.6) is 0 Å². The van der Waals surface area contributed by atoms with Gasteiger partial charge in [0.05, 0.1) is 0 Å². The highest BCUT2D eigenvalue weighted by atomic mass is 16.6. The lowest BCUT2D eigenvalue weighted by Crippen LogP contribution is -2.25. The highest BCUT2D eigenvalue weighted by Gasteiger charge is 2.15. The summed E-state index contributed by atoms with van der Waals surface area (Å²) in [4.78, 5) is 26.2. The molecule has 5 heteroatoms. The first kappa shape index (κ1) is 20.8. The average molecular weight is 312 g/mol. The van der Waals surface area contributed by atoms with Gasteiger partial charge < -0.3 is 14.8 Å². The summed E-state index contributed by atoms with van der Waals surface area (Å²) in [6.45, 7) is 10.4. The van der Waals surface area contributed by atoms with Gasteiger partial charge in [-0.15, -0.1) is 0 Å². The predicted molar refractivity (Wildman–Crippen MR) is 90.6 cm³/mol. The number of hydrogen-bond donors (Lipinski definition) is 1. The first-order chi connectivity index (χ1) is 10.2. The van der Waals surface area contributed by atoms with Crippen LogP contribution >= 0.6 is 0 Å². The van der Waals surface area contributed by atoms with Crippen LogP contribution in [0.15, 0.2) is 4.99 Å². The van der Waals surface area contributed by atoms with E-state index in [1.165, 1.54) is 6.42 Å². The normalized spacial score (nSPS) is 12.3. The van der Waals surface area contributed by atoms with Gasteiger partial charge in [-0.2, -0.15) is 4.99 Å². The van der Waals surface area contributed by atoms with Crippen LogP contribution in [0.2, 0.25) is 0 Å². The number of nitrogens with one attached hydrogen (secondary N) is 1. The maximum Gasteiger partial charge on any atom is 0.434 e. The number of hydrogen-bond acceptors (Lipinski definition) is 4. The van der Waals surface area contributed by atoms with Crippen LogP contribution < -0.4 is 5.32 Å². The first-order valence-electron chi connectivity index (χ1n) is 8.18. The van der Waals surface area contributed by atoms with Crippen molar-refractivity contribution >= 4 is 17.6 Å². The number of ketones is 1. The average Bonchev–Trinajstić information content (AvgIpc) is 2.33. The Balaban J connectivity index is 3.58. The van der Waals surface area contributed by atoms with Gasteiger partial charge in [0.25, 0.3) is 0 Å². The maximum atomic E-state index is 11.5. The van der Waals surface area contributed by atoms with Crippen molar-refractivity contribution in [2.75, 3.05) is 13.1 Å². The summed E-state index contributed by atoms with van der Waals surface area (Å²) in [5.41, 5.74) is 0.229. The third kappa shape index (κ3) is 15.2. The fourth-order valence-electron chi connectivity index (χ4n) is 1.90. The van der Waals surface area contributed by atoms with Gasteiger partial charge in [0.1, 0.15) is 11.4 Å². The number of nitrogens with zero attached hydrogens (tertiary/aromatic N) is 1. The number of amides is 1. The summed E-state index contributed by atoms with van der Waals surface area (Å²) in [6.07, 6.45) is 5.73. The van der Waals surface area contributed by atoms with Crippen molar-refractivity contribution in [2.45, 2.75) is 78.7 Å². The highest BCUT2D eigenvalue weighted by molar-refractivity contribution is 5.93. The molecule has 0 fully saturated rings. The van der Waals surface area contributed by atoms with Gasteiger partial charge in [0.15, 0.2) is 0 Å². The number of unbranched alkanes of at least 4 members (excludes halogenated alkanes) is 4. The Morgan fingerprint density at radius 2 is 1.59 bits per heavy atom.